The molecule has 0 unspecified atom stereocenters. The number of ether oxygens (including phenoxy) is 1. The Kier molecular flexibility index (Phi) is 5.43. The number of nitrogens with two attached hydrogens (primary N) is 1. The summed E-state index contributed by atoms with van der Waals surface area (Å²) in [5.74, 6) is 0.265. The minimum Gasteiger partial charge on any atom is -0.379 e. The van der Waals surface area contributed by atoms with Gasteiger partial charge >= 0.3 is 0 Å². The number of anilines is 1. The molecule has 0 radical (unpaired) electrons. The van der Waals surface area contributed by atoms with Crippen LogP contribution in [0.4, 0.5) is 5.95 Å². The summed E-state index contributed by atoms with van der Waals surface area (Å²) >= 11 is 0. The zero-order valence-electron chi connectivity index (χ0n) is 17.2. The average molecular weight is 412 g/mol. The smallest absolute Gasteiger partial charge is 0.220 e. The Morgan fingerprint density at radius 1 is 1.06 bits per heavy atom. The van der Waals surface area contributed by atoms with Gasteiger partial charge in [-0.15, -0.1) is 0 Å². The Morgan fingerprint density at radius 3 is 2.84 bits per heavy atom. The van der Waals surface area contributed by atoms with Crippen molar-refractivity contribution in [2.24, 2.45) is 0 Å². The lowest BCUT2D eigenvalue weighted by atomic mass is 10.1. The predicted octanol–water partition coefficient (Wildman–Crippen LogP) is 3.60. The molecule has 0 aliphatic carbocycles. The average Bonchev–Trinajstić information content (AvgIpc) is 3.21. The first-order valence-electron chi connectivity index (χ1n) is 10.4. The molecule has 1 saturated heterocycles. The fourth-order valence-electron chi connectivity index (χ4n) is 3.85. The van der Waals surface area contributed by atoms with Crippen LogP contribution < -0.4 is 5.73 Å². The first-order valence-corrected chi connectivity index (χ1v) is 10.4. The van der Waals surface area contributed by atoms with Gasteiger partial charge in [-0.2, -0.15) is 5.10 Å². The van der Waals surface area contributed by atoms with E-state index in [-0.39, 0.29) is 5.95 Å². The lowest BCUT2D eigenvalue weighted by Crippen LogP contribution is -2.35. The summed E-state index contributed by atoms with van der Waals surface area (Å²) in [4.78, 5) is 10.7. The van der Waals surface area contributed by atoms with Crippen LogP contribution in [0.15, 0.2) is 54.7 Å². The highest BCUT2D eigenvalue weighted by atomic mass is 16.5. The molecule has 5 rings (SSSR count). The molecule has 4 aromatic rings. The van der Waals surface area contributed by atoms with Gasteiger partial charge in [-0.25, -0.2) is 9.97 Å². The van der Waals surface area contributed by atoms with Crippen molar-refractivity contribution in [3.63, 3.8) is 0 Å². The molecule has 0 amide bonds. The van der Waals surface area contributed by atoms with Crippen molar-refractivity contribution in [3.05, 3.63) is 71.5 Å². The predicted molar refractivity (Wildman–Crippen MR) is 123 cm³/mol. The minimum atomic E-state index is 0.265. The van der Waals surface area contributed by atoms with Gasteiger partial charge in [-0.1, -0.05) is 36.4 Å². The van der Waals surface area contributed by atoms with E-state index < -0.39 is 0 Å². The van der Waals surface area contributed by atoms with Crippen LogP contribution in [-0.2, 0) is 11.3 Å². The zero-order chi connectivity index (χ0) is 21.0. The number of aromatic nitrogens is 4. The Hall–Kier alpha value is -3.55. The van der Waals surface area contributed by atoms with Crippen LogP contribution in [0.2, 0.25) is 0 Å². The third kappa shape index (κ3) is 4.47. The van der Waals surface area contributed by atoms with Gasteiger partial charge in [0.15, 0.2) is 0 Å². The number of benzene rings is 2. The quantitative estimate of drug-likeness (QED) is 0.520. The van der Waals surface area contributed by atoms with Gasteiger partial charge in [0.1, 0.15) is 0 Å². The maximum atomic E-state index is 5.71. The first-order chi connectivity index (χ1) is 15.2. The Morgan fingerprint density at radius 2 is 1.97 bits per heavy atom. The summed E-state index contributed by atoms with van der Waals surface area (Å²) in [6.45, 7) is 4.56. The Balaban J connectivity index is 1.35. The van der Waals surface area contributed by atoms with Crippen LogP contribution in [0, 0.1) is 0 Å². The minimum absolute atomic E-state index is 0.265. The number of hydrogen-bond acceptors (Lipinski definition) is 6. The molecule has 0 atom stereocenters. The molecule has 3 N–H and O–H groups in total. The number of nitrogens with one attached hydrogen (secondary N) is 1. The molecular formula is C24H24N6O. The van der Waals surface area contributed by atoms with Crippen molar-refractivity contribution in [3.8, 4) is 11.3 Å². The molecule has 2 aromatic heterocycles. The standard InChI is InChI=1S/C24H24N6O/c25-24-26-9-8-21(27-24)19-5-6-20-22(28-29-23(20)15-19)7-4-17-2-1-3-18(14-17)16-30-10-12-31-13-11-30/h1-9,14-15H,10-13,16H2,(H,28,29)(H2,25,26,27)/b7-4+. The van der Waals surface area contributed by atoms with Crippen LogP contribution >= 0.6 is 0 Å². The van der Waals surface area contributed by atoms with Crippen LogP contribution in [0.25, 0.3) is 34.3 Å². The molecule has 7 nitrogen and oxygen atoms in total. The highest BCUT2D eigenvalue weighted by Crippen LogP contribution is 2.25. The summed E-state index contributed by atoms with van der Waals surface area (Å²) < 4.78 is 5.44. The third-order valence-electron chi connectivity index (χ3n) is 5.46. The van der Waals surface area contributed by atoms with E-state index in [1.165, 1.54) is 5.56 Å². The highest BCUT2D eigenvalue weighted by Gasteiger charge is 2.11. The molecule has 3 heterocycles. The van der Waals surface area contributed by atoms with E-state index >= 15 is 0 Å². The number of morpholine rings is 1. The lowest BCUT2D eigenvalue weighted by molar-refractivity contribution is 0.0342. The second-order valence-corrected chi connectivity index (χ2v) is 7.64. The van der Waals surface area contributed by atoms with Gasteiger partial charge in [-0.05, 0) is 35.4 Å². The number of aromatic amines is 1. The van der Waals surface area contributed by atoms with Gasteiger partial charge in [0.25, 0.3) is 0 Å². The zero-order valence-corrected chi connectivity index (χ0v) is 17.2. The molecule has 31 heavy (non-hydrogen) atoms. The van der Waals surface area contributed by atoms with Crippen molar-refractivity contribution in [2.45, 2.75) is 6.54 Å². The van der Waals surface area contributed by atoms with Crippen molar-refractivity contribution >= 4 is 29.0 Å². The second kappa shape index (κ2) is 8.67. The van der Waals surface area contributed by atoms with E-state index in [1.807, 2.05) is 18.2 Å². The van der Waals surface area contributed by atoms with Gasteiger partial charge in [0.2, 0.25) is 5.95 Å². The Labute approximate surface area is 180 Å². The number of nitrogen functional groups attached to an aromatic ring is 1. The number of nitrogens with zero attached hydrogens (tertiary/aromatic N) is 4. The van der Waals surface area contributed by atoms with Gasteiger partial charge in [0.05, 0.1) is 30.1 Å². The number of fused-ring (bicyclic) bond motifs is 1. The molecule has 1 fully saturated rings. The normalized spacial score (nSPS) is 15.1. The van der Waals surface area contributed by atoms with Gasteiger partial charge < -0.3 is 10.5 Å². The SMILES string of the molecule is Nc1nccc(-c2ccc3c(/C=C/c4cccc(CN5CCOCC5)c4)n[nH]c3c2)n1. The fourth-order valence-corrected chi connectivity index (χ4v) is 3.85. The van der Waals surface area contributed by atoms with E-state index in [0.29, 0.717) is 0 Å². The summed E-state index contributed by atoms with van der Waals surface area (Å²) in [5, 5.41) is 8.67. The molecular weight excluding hydrogens is 388 g/mol. The second-order valence-electron chi connectivity index (χ2n) is 7.64. The number of hydrogen-bond donors (Lipinski definition) is 2. The van der Waals surface area contributed by atoms with Crippen LogP contribution in [-0.4, -0.2) is 51.4 Å². The molecule has 7 heteroatoms. The maximum Gasteiger partial charge on any atom is 0.220 e. The van der Waals surface area contributed by atoms with Crippen molar-refractivity contribution in [1.29, 1.82) is 0 Å². The fraction of sp³-hybridized carbons (Fsp3) is 0.208. The number of H-pyrrole nitrogens is 1. The largest absolute Gasteiger partial charge is 0.379 e. The molecule has 1 aliphatic rings. The van der Waals surface area contributed by atoms with E-state index in [9.17, 15) is 0 Å². The summed E-state index contributed by atoms with van der Waals surface area (Å²) in [6, 6.07) is 16.6. The lowest BCUT2D eigenvalue weighted by Gasteiger charge is -2.26. The number of rotatable bonds is 5. The summed E-state index contributed by atoms with van der Waals surface area (Å²) in [7, 11) is 0. The third-order valence-corrected chi connectivity index (χ3v) is 5.46. The molecule has 156 valence electrons. The van der Waals surface area contributed by atoms with Crippen LogP contribution in [0.3, 0.4) is 0 Å². The molecule has 0 saturated carbocycles. The van der Waals surface area contributed by atoms with Crippen LogP contribution in [0.5, 0.6) is 0 Å². The van der Waals surface area contributed by atoms with Crippen LogP contribution in [0.1, 0.15) is 16.8 Å². The molecule has 0 bridgehead atoms. The van der Waals surface area contributed by atoms with Crippen molar-refractivity contribution < 1.29 is 4.74 Å². The van der Waals surface area contributed by atoms with Gasteiger partial charge in [0, 0.05) is 36.8 Å². The topological polar surface area (TPSA) is 93.0 Å². The highest BCUT2D eigenvalue weighted by molar-refractivity contribution is 5.91. The Bertz CT molecular complexity index is 1230. The summed E-state index contributed by atoms with van der Waals surface area (Å²) in [6.07, 6.45) is 5.82. The first kappa shape index (κ1) is 19.4. The molecule has 2 aromatic carbocycles. The van der Waals surface area contributed by atoms with E-state index in [0.717, 1.165) is 66.3 Å². The van der Waals surface area contributed by atoms with Crippen molar-refractivity contribution in [1.82, 2.24) is 25.1 Å². The van der Waals surface area contributed by atoms with Crippen molar-refractivity contribution in [2.75, 3.05) is 32.0 Å². The van der Waals surface area contributed by atoms with E-state index in [1.54, 1.807) is 6.20 Å². The molecule has 0 spiro atoms. The summed E-state index contributed by atoms with van der Waals surface area (Å²) in [5.41, 5.74) is 11.8. The molecule has 1 aliphatic heterocycles. The van der Waals surface area contributed by atoms with E-state index in [2.05, 4.69) is 67.5 Å². The van der Waals surface area contributed by atoms with E-state index in [4.69, 9.17) is 10.5 Å². The monoisotopic (exact) mass is 412 g/mol. The maximum absolute atomic E-state index is 5.71. The van der Waals surface area contributed by atoms with Gasteiger partial charge in [-0.3, -0.25) is 10.00 Å².